The Kier molecular flexibility index (Phi) is 4.65. The average molecular weight is 396 g/mol. The van der Waals surface area contributed by atoms with E-state index >= 15 is 0 Å². The second-order valence-electron chi connectivity index (χ2n) is 6.98. The van der Waals surface area contributed by atoms with Crippen LogP contribution in [-0.4, -0.2) is 24.4 Å². The highest BCUT2D eigenvalue weighted by Gasteiger charge is 2.27. The number of aryl methyl sites for hydroxylation is 1. The second kappa shape index (κ2) is 7.16. The van der Waals surface area contributed by atoms with Crippen molar-refractivity contribution in [2.24, 2.45) is 12.1 Å². The number of aromatic nitrogens is 4. The summed E-state index contributed by atoms with van der Waals surface area (Å²) < 4.78 is 18.5. The summed E-state index contributed by atoms with van der Waals surface area (Å²) in [4.78, 5) is 30.3. The summed E-state index contributed by atoms with van der Waals surface area (Å²) in [6.07, 6.45) is 3.54. The van der Waals surface area contributed by atoms with Crippen LogP contribution < -0.4 is 16.3 Å². The SMILES string of the molecule is CC=CCn1c(=O)c2c(nc3n2CC(C)=NN3Cc2ccccc2F)n(C)c1=O. The van der Waals surface area contributed by atoms with Crippen molar-refractivity contribution in [1.82, 2.24) is 18.7 Å². The maximum Gasteiger partial charge on any atom is 0.332 e. The van der Waals surface area contributed by atoms with Gasteiger partial charge in [-0.25, -0.2) is 14.2 Å². The molecule has 0 aliphatic carbocycles. The zero-order valence-electron chi connectivity index (χ0n) is 16.5. The van der Waals surface area contributed by atoms with Gasteiger partial charge >= 0.3 is 5.69 Å². The Morgan fingerprint density at radius 1 is 1.24 bits per heavy atom. The molecule has 0 bridgehead atoms. The van der Waals surface area contributed by atoms with E-state index < -0.39 is 11.2 Å². The predicted molar refractivity (Wildman–Crippen MR) is 110 cm³/mol. The lowest BCUT2D eigenvalue weighted by Gasteiger charge is -2.25. The number of benzene rings is 1. The Bertz CT molecular complexity index is 1280. The smallest absolute Gasteiger partial charge is 0.297 e. The van der Waals surface area contributed by atoms with Crippen molar-refractivity contribution in [2.45, 2.75) is 33.5 Å². The lowest BCUT2D eigenvalue weighted by Crippen LogP contribution is -2.39. The molecule has 3 heterocycles. The third kappa shape index (κ3) is 3.08. The van der Waals surface area contributed by atoms with Crippen LogP contribution in [0.1, 0.15) is 19.4 Å². The molecule has 29 heavy (non-hydrogen) atoms. The normalized spacial score (nSPS) is 13.9. The number of anilines is 1. The van der Waals surface area contributed by atoms with Gasteiger partial charge in [-0.2, -0.15) is 10.1 Å². The molecule has 150 valence electrons. The van der Waals surface area contributed by atoms with Crippen LogP contribution in [0.2, 0.25) is 0 Å². The molecule has 2 aromatic heterocycles. The summed E-state index contributed by atoms with van der Waals surface area (Å²) in [5.41, 5.74) is 0.995. The number of hydrogen-bond donors (Lipinski definition) is 0. The summed E-state index contributed by atoms with van der Waals surface area (Å²) in [6, 6.07) is 6.46. The van der Waals surface area contributed by atoms with E-state index in [2.05, 4.69) is 10.1 Å². The minimum Gasteiger partial charge on any atom is -0.297 e. The first-order valence-electron chi connectivity index (χ1n) is 9.28. The van der Waals surface area contributed by atoms with Crippen molar-refractivity contribution < 1.29 is 4.39 Å². The average Bonchev–Trinajstić information content (AvgIpc) is 3.08. The van der Waals surface area contributed by atoms with Crippen LogP contribution in [0.4, 0.5) is 10.3 Å². The van der Waals surface area contributed by atoms with Crippen LogP contribution >= 0.6 is 0 Å². The molecule has 1 aliphatic heterocycles. The number of fused-ring (bicyclic) bond motifs is 3. The Balaban J connectivity index is 1.92. The molecule has 0 N–H and O–H groups in total. The van der Waals surface area contributed by atoms with E-state index in [1.165, 1.54) is 15.2 Å². The van der Waals surface area contributed by atoms with E-state index in [1.54, 1.807) is 47.0 Å². The van der Waals surface area contributed by atoms with Gasteiger partial charge in [0.15, 0.2) is 11.2 Å². The van der Waals surface area contributed by atoms with E-state index in [4.69, 9.17) is 0 Å². The van der Waals surface area contributed by atoms with Gasteiger partial charge < -0.3 is 0 Å². The van der Waals surface area contributed by atoms with E-state index in [-0.39, 0.29) is 24.6 Å². The Labute approximate surface area is 165 Å². The zero-order chi connectivity index (χ0) is 20.7. The molecule has 0 spiro atoms. The van der Waals surface area contributed by atoms with Crippen molar-refractivity contribution in [3.05, 3.63) is 68.6 Å². The van der Waals surface area contributed by atoms with Gasteiger partial charge in [0.1, 0.15) is 5.82 Å². The second-order valence-corrected chi connectivity index (χ2v) is 6.98. The van der Waals surface area contributed by atoms with Gasteiger partial charge in [-0.05, 0) is 19.9 Å². The molecule has 0 saturated heterocycles. The van der Waals surface area contributed by atoms with Gasteiger partial charge in [-0.15, -0.1) is 0 Å². The van der Waals surface area contributed by atoms with Gasteiger partial charge in [0.2, 0.25) is 5.95 Å². The maximum atomic E-state index is 14.2. The summed E-state index contributed by atoms with van der Waals surface area (Å²) >= 11 is 0. The van der Waals surface area contributed by atoms with Crippen LogP contribution in [0.5, 0.6) is 0 Å². The molecule has 1 aliphatic rings. The van der Waals surface area contributed by atoms with Crippen molar-refractivity contribution in [3.63, 3.8) is 0 Å². The minimum absolute atomic E-state index is 0.161. The first-order valence-corrected chi connectivity index (χ1v) is 9.28. The summed E-state index contributed by atoms with van der Waals surface area (Å²) in [5.74, 6) is 0.0689. The highest BCUT2D eigenvalue weighted by molar-refractivity contribution is 5.87. The molecule has 0 atom stereocenters. The lowest BCUT2D eigenvalue weighted by atomic mass is 10.2. The van der Waals surface area contributed by atoms with E-state index in [0.717, 1.165) is 5.71 Å². The first-order chi connectivity index (χ1) is 13.9. The predicted octanol–water partition coefficient (Wildman–Crippen LogP) is 2.01. The van der Waals surface area contributed by atoms with Crippen LogP contribution in [0.15, 0.2) is 51.1 Å². The summed E-state index contributed by atoms with van der Waals surface area (Å²) in [5, 5.41) is 6.07. The van der Waals surface area contributed by atoms with Gasteiger partial charge in [-0.3, -0.25) is 18.5 Å². The molecule has 0 amide bonds. The topological polar surface area (TPSA) is 77.4 Å². The van der Waals surface area contributed by atoms with Crippen molar-refractivity contribution in [3.8, 4) is 0 Å². The molecule has 1 aromatic carbocycles. The summed E-state index contributed by atoms with van der Waals surface area (Å²) in [7, 11) is 1.59. The summed E-state index contributed by atoms with van der Waals surface area (Å²) in [6.45, 7) is 4.38. The maximum absolute atomic E-state index is 14.2. The molecule has 9 heteroatoms. The molecule has 0 unspecified atom stereocenters. The Morgan fingerprint density at radius 3 is 2.72 bits per heavy atom. The van der Waals surface area contributed by atoms with Gasteiger partial charge in [-0.1, -0.05) is 30.4 Å². The van der Waals surface area contributed by atoms with Crippen LogP contribution in [0.3, 0.4) is 0 Å². The van der Waals surface area contributed by atoms with E-state index in [0.29, 0.717) is 23.6 Å². The number of halogens is 1. The highest BCUT2D eigenvalue weighted by atomic mass is 19.1. The number of allylic oxidation sites excluding steroid dienone is 2. The third-order valence-electron chi connectivity index (χ3n) is 4.92. The standard InChI is InChI=1S/C20H21FN6O2/c1-4-5-10-25-18(28)16-17(24(3)20(25)29)22-19-26(16)11-13(2)23-27(19)12-14-8-6-7-9-15(14)21/h4-9H,10-12H2,1-3H3. The van der Waals surface area contributed by atoms with Crippen molar-refractivity contribution in [2.75, 3.05) is 5.01 Å². The molecule has 8 nitrogen and oxygen atoms in total. The van der Waals surface area contributed by atoms with Gasteiger partial charge in [0, 0.05) is 19.2 Å². The number of imidazole rings is 1. The van der Waals surface area contributed by atoms with Crippen molar-refractivity contribution >= 4 is 22.8 Å². The van der Waals surface area contributed by atoms with Crippen LogP contribution in [0.25, 0.3) is 11.2 Å². The quantitative estimate of drug-likeness (QED) is 0.632. The lowest BCUT2D eigenvalue weighted by molar-refractivity contribution is 0.600. The number of nitrogens with zero attached hydrogens (tertiary/aromatic N) is 6. The number of hydrogen-bond acceptors (Lipinski definition) is 5. The zero-order valence-corrected chi connectivity index (χ0v) is 16.5. The minimum atomic E-state index is -0.436. The molecular weight excluding hydrogens is 375 g/mol. The third-order valence-corrected chi connectivity index (χ3v) is 4.92. The fraction of sp³-hybridized carbons (Fsp3) is 0.300. The molecule has 0 radical (unpaired) electrons. The van der Waals surface area contributed by atoms with Crippen LogP contribution in [-0.2, 0) is 26.7 Å². The number of rotatable bonds is 4. The Morgan fingerprint density at radius 2 is 2.00 bits per heavy atom. The molecular formula is C20H21FN6O2. The van der Waals surface area contributed by atoms with Gasteiger partial charge in [0.25, 0.3) is 5.56 Å². The molecule has 0 saturated carbocycles. The van der Waals surface area contributed by atoms with Gasteiger partial charge in [0.05, 0.1) is 18.8 Å². The fourth-order valence-corrected chi connectivity index (χ4v) is 3.48. The fourth-order valence-electron chi connectivity index (χ4n) is 3.48. The highest BCUT2D eigenvalue weighted by Crippen LogP contribution is 2.25. The molecule has 3 aromatic rings. The largest absolute Gasteiger partial charge is 0.332 e. The van der Waals surface area contributed by atoms with E-state index in [9.17, 15) is 14.0 Å². The van der Waals surface area contributed by atoms with Crippen LogP contribution in [0, 0.1) is 5.82 Å². The first kappa shape index (κ1) is 18.9. The molecule has 0 fully saturated rings. The van der Waals surface area contributed by atoms with Crippen molar-refractivity contribution in [1.29, 1.82) is 0 Å². The number of hydrazone groups is 1. The molecule has 4 rings (SSSR count). The van der Waals surface area contributed by atoms with E-state index in [1.807, 2.05) is 13.8 Å². The Hall–Kier alpha value is -3.49. The monoisotopic (exact) mass is 396 g/mol.